The van der Waals surface area contributed by atoms with E-state index < -0.39 is 12.1 Å². The number of likely N-dealkylation sites (tertiary alicyclic amines) is 1. The van der Waals surface area contributed by atoms with Crippen LogP contribution in [0.25, 0.3) is 0 Å². The number of hydrogen-bond acceptors (Lipinski definition) is 5. The summed E-state index contributed by atoms with van der Waals surface area (Å²) in [4.78, 5) is 12.9. The number of benzene rings is 1. The molecular formula is C16H23N3O4. The van der Waals surface area contributed by atoms with Gasteiger partial charge in [0.15, 0.2) is 5.84 Å². The Morgan fingerprint density at radius 1 is 1.39 bits per heavy atom. The van der Waals surface area contributed by atoms with Crippen LogP contribution in [0.1, 0.15) is 36.5 Å². The van der Waals surface area contributed by atoms with Crippen molar-refractivity contribution in [2.24, 2.45) is 16.8 Å². The molecule has 7 nitrogen and oxygen atoms in total. The van der Waals surface area contributed by atoms with E-state index in [-0.39, 0.29) is 18.2 Å². The lowest BCUT2D eigenvalue weighted by Crippen LogP contribution is -2.38. The van der Waals surface area contributed by atoms with Crippen LogP contribution in [-0.4, -0.2) is 51.8 Å². The van der Waals surface area contributed by atoms with Gasteiger partial charge in [0.05, 0.1) is 6.10 Å². The molecule has 1 aromatic carbocycles. The minimum Gasteiger partial charge on any atom is -0.481 e. The topological polar surface area (TPSA) is 119 Å². The van der Waals surface area contributed by atoms with Crippen LogP contribution in [0, 0.1) is 5.92 Å². The molecule has 1 aliphatic heterocycles. The van der Waals surface area contributed by atoms with Gasteiger partial charge in [-0.25, -0.2) is 0 Å². The minimum atomic E-state index is -0.767. The van der Waals surface area contributed by atoms with E-state index in [1.807, 2.05) is 0 Å². The van der Waals surface area contributed by atoms with Gasteiger partial charge in [0.2, 0.25) is 0 Å². The normalized spacial score (nSPS) is 21.1. The van der Waals surface area contributed by atoms with Crippen molar-refractivity contribution in [3.63, 3.8) is 0 Å². The Kier molecular flexibility index (Phi) is 5.95. The summed E-state index contributed by atoms with van der Waals surface area (Å²) in [5.74, 6) is -0.592. The quantitative estimate of drug-likeness (QED) is 0.269. The molecule has 0 aromatic heterocycles. The average Bonchev–Trinajstić information content (AvgIpc) is 2.54. The third kappa shape index (κ3) is 4.94. The van der Waals surface area contributed by atoms with Gasteiger partial charge in [-0.1, -0.05) is 29.4 Å². The number of rotatable bonds is 6. The van der Waals surface area contributed by atoms with Crippen molar-refractivity contribution in [2.45, 2.75) is 25.4 Å². The third-order valence-corrected chi connectivity index (χ3v) is 4.20. The summed E-state index contributed by atoms with van der Waals surface area (Å²) in [6, 6.07) is 6.88. The van der Waals surface area contributed by atoms with Crippen LogP contribution in [0.15, 0.2) is 29.4 Å². The predicted octanol–water partition coefficient (Wildman–Crippen LogP) is 1.00. The van der Waals surface area contributed by atoms with E-state index >= 15 is 0 Å². The SMILES string of the molecule is N/C(=N\O)c1ccc([C@@H](O)CN2CCC[C@H](CC(=O)O)C2)cc1. The predicted molar refractivity (Wildman–Crippen MR) is 85.3 cm³/mol. The van der Waals surface area contributed by atoms with Gasteiger partial charge in [0.1, 0.15) is 0 Å². The zero-order valence-electron chi connectivity index (χ0n) is 12.9. The van der Waals surface area contributed by atoms with Gasteiger partial charge in [-0.3, -0.25) is 4.79 Å². The molecule has 5 N–H and O–H groups in total. The largest absolute Gasteiger partial charge is 0.481 e. The Morgan fingerprint density at radius 3 is 2.70 bits per heavy atom. The molecule has 0 unspecified atom stereocenters. The van der Waals surface area contributed by atoms with Crippen molar-refractivity contribution in [2.75, 3.05) is 19.6 Å². The number of nitrogens with two attached hydrogens (primary N) is 1. The second-order valence-electron chi connectivity index (χ2n) is 5.99. The summed E-state index contributed by atoms with van der Waals surface area (Å²) in [6.45, 7) is 2.04. The average molecular weight is 321 g/mol. The zero-order chi connectivity index (χ0) is 16.8. The summed E-state index contributed by atoms with van der Waals surface area (Å²) in [5.41, 5.74) is 6.84. The number of hydrogen-bond donors (Lipinski definition) is 4. The van der Waals surface area contributed by atoms with Gasteiger partial charge in [0, 0.05) is 25.1 Å². The van der Waals surface area contributed by atoms with Crippen LogP contribution in [-0.2, 0) is 4.79 Å². The molecule has 0 aliphatic carbocycles. The Morgan fingerprint density at radius 2 is 2.09 bits per heavy atom. The van der Waals surface area contributed by atoms with Crippen molar-refractivity contribution in [3.8, 4) is 0 Å². The van der Waals surface area contributed by atoms with E-state index in [1.54, 1.807) is 24.3 Å². The number of nitrogens with zero attached hydrogens (tertiary/aromatic N) is 2. The van der Waals surface area contributed by atoms with E-state index in [0.717, 1.165) is 24.9 Å². The number of aliphatic carboxylic acids is 1. The monoisotopic (exact) mass is 321 g/mol. The van der Waals surface area contributed by atoms with Crippen LogP contribution in [0.3, 0.4) is 0 Å². The number of amidine groups is 1. The van der Waals surface area contributed by atoms with Gasteiger partial charge in [0.25, 0.3) is 0 Å². The molecule has 0 bridgehead atoms. The summed E-state index contributed by atoms with van der Waals surface area (Å²) in [5, 5.41) is 30.8. The highest BCUT2D eigenvalue weighted by Crippen LogP contribution is 2.22. The lowest BCUT2D eigenvalue weighted by molar-refractivity contribution is -0.138. The summed E-state index contributed by atoms with van der Waals surface area (Å²) < 4.78 is 0. The molecule has 126 valence electrons. The van der Waals surface area contributed by atoms with Crippen LogP contribution in [0.2, 0.25) is 0 Å². The molecule has 0 radical (unpaired) electrons. The maximum atomic E-state index is 10.8. The number of carboxylic acids is 1. The maximum Gasteiger partial charge on any atom is 0.303 e. The summed E-state index contributed by atoms with van der Waals surface area (Å²) in [7, 11) is 0. The second kappa shape index (κ2) is 7.94. The minimum absolute atomic E-state index is 0.0265. The van der Waals surface area contributed by atoms with E-state index in [4.69, 9.17) is 16.0 Å². The molecule has 1 aliphatic rings. The zero-order valence-corrected chi connectivity index (χ0v) is 12.9. The van der Waals surface area contributed by atoms with Crippen LogP contribution >= 0.6 is 0 Å². The van der Waals surface area contributed by atoms with Crippen LogP contribution in [0.4, 0.5) is 0 Å². The lowest BCUT2D eigenvalue weighted by Gasteiger charge is -2.33. The molecule has 1 aromatic rings. The fraction of sp³-hybridized carbons (Fsp3) is 0.500. The Bertz CT molecular complexity index is 559. The lowest BCUT2D eigenvalue weighted by atomic mass is 9.94. The standard InChI is InChI=1S/C16H23N3O4/c17-16(18-23)13-5-3-12(4-6-13)14(20)10-19-7-1-2-11(9-19)8-15(21)22/h3-6,11,14,20,23H,1-2,7-10H2,(H2,17,18)(H,21,22)/t11-,14+/m1/s1. The first-order valence-corrected chi connectivity index (χ1v) is 7.69. The highest BCUT2D eigenvalue weighted by atomic mass is 16.4. The summed E-state index contributed by atoms with van der Waals surface area (Å²) in [6.07, 6.45) is 1.40. The van der Waals surface area contributed by atoms with Crippen molar-refractivity contribution in [1.29, 1.82) is 0 Å². The van der Waals surface area contributed by atoms with Crippen LogP contribution in [0.5, 0.6) is 0 Å². The molecule has 0 amide bonds. The van der Waals surface area contributed by atoms with Crippen molar-refractivity contribution < 1.29 is 20.2 Å². The molecule has 2 atom stereocenters. The van der Waals surface area contributed by atoms with Gasteiger partial charge >= 0.3 is 5.97 Å². The Hall–Kier alpha value is -2.12. The van der Waals surface area contributed by atoms with Crippen molar-refractivity contribution in [3.05, 3.63) is 35.4 Å². The van der Waals surface area contributed by atoms with E-state index in [0.29, 0.717) is 18.7 Å². The van der Waals surface area contributed by atoms with E-state index in [9.17, 15) is 9.90 Å². The van der Waals surface area contributed by atoms with Crippen molar-refractivity contribution in [1.82, 2.24) is 4.90 Å². The molecule has 7 heteroatoms. The molecule has 23 heavy (non-hydrogen) atoms. The summed E-state index contributed by atoms with van der Waals surface area (Å²) >= 11 is 0. The smallest absolute Gasteiger partial charge is 0.303 e. The molecule has 0 saturated carbocycles. The van der Waals surface area contributed by atoms with E-state index in [2.05, 4.69) is 10.1 Å². The first-order chi connectivity index (χ1) is 11.0. The number of oxime groups is 1. The number of piperidine rings is 1. The van der Waals surface area contributed by atoms with Gasteiger partial charge in [-0.2, -0.15) is 0 Å². The van der Waals surface area contributed by atoms with Gasteiger partial charge < -0.3 is 26.1 Å². The molecule has 1 saturated heterocycles. The highest BCUT2D eigenvalue weighted by Gasteiger charge is 2.23. The third-order valence-electron chi connectivity index (χ3n) is 4.20. The maximum absolute atomic E-state index is 10.8. The molecular weight excluding hydrogens is 298 g/mol. The first kappa shape index (κ1) is 17.2. The fourth-order valence-corrected chi connectivity index (χ4v) is 3.01. The fourth-order valence-electron chi connectivity index (χ4n) is 3.01. The Labute approximate surface area is 135 Å². The van der Waals surface area contributed by atoms with E-state index in [1.165, 1.54) is 0 Å². The first-order valence-electron chi connectivity index (χ1n) is 7.69. The molecule has 1 heterocycles. The molecule has 1 fully saturated rings. The Balaban J connectivity index is 1.93. The second-order valence-corrected chi connectivity index (χ2v) is 5.99. The number of carbonyl (C=O) groups is 1. The van der Waals surface area contributed by atoms with Gasteiger partial charge in [-0.15, -0.1) is 0 Å². The number of carboxylic acid groups (broad SMARTS) is 1. The highest BCUT2D eigenvalue weighted by molar-refractivity contribution is 5.96. The number of β-amino-alcohol motifs (C(OH)–C–C–N with tert-alkyl or cyclic N) is 1. The van der Waals surface area contributed by atoms with Crippen LogP contribution < -0.4 is 5.73 Å². The van der Waals surface area contributed by atoms with Gasteiger partial charge in [-0.05, 0) is 30.9 Å². The number of aliphatic hydroxyl groups is 1. The van der Waals surface area contributed by atoms with Crippen molar-refractivity contribution >= 4 is 11.8 Å². The molecule has 2 rings (SSSR count). The molecule has 0 spiro atoms. The number of aliphatic hydroxyl groups excluding tert-OH is 1.